The molecule has 0 spiro atoms. The maximum absolute atomic E-state index is 6.70. The van der Waals surface area contributed by atoms with E-state index in [2.05, 4.69) is 197 Å². The predicted octanol–water partition coefficient (Wildman–Crippen LogP) is 13.1. The van der Waals surface area contributed by atoms with Gasteiger partial charge in [0.15, 0.2) is 0 Å². The lowest BCUT2D eigenvalue weighted by Crippen LogP contribution is -2.15. The highest BCUT2D eigenvalue weighted by atomic mass is 14.6. The normalized spacial score (nSPS) is 13.5. The van der Waals surface area contributed by atoms with E-state index in [4.69, 9.17) is 5.73 Å². The molecule has 0 aromatic heterocycles. The summed E-state index contributed by atoms with van der Waals surface area (Å²) < 4.78 is 0. The van der Waals surface area contributed by atoms with E-state index < -0.39 is 0 Å². The Morgan fingerprint density at radius 3 is 1.49 bits per heavy atom. The van der Waals surface area contributed by atoms with E-state index in [0.29, 0.717) is 0 Å². The molecule has 0 atom stereocenters. The summed E-state index contributed by atoms with van der Waals surface area (Å²) in [5.41, 5.74) is 25.8. The van der Waals surface area contributed by atoms with Crippen LogP contribution in [0.5, 0.6) is 0 Å². The van der Waals surface area contributed by atoms with Crippen LogP contribution in [0, 0.1) is 0 Å². The minimum atomic E-state index is -0.0526. The van der Waals surface area contributed by atoms with Crippen LogP contribution in [0.25, 0.3) is 66.9 Å². The van der Waals surface area contributed by atoms with Crippen LogP contribution in [0.1, 0.15) is 43.0 Å². The number of allylic oxidation sites excluding steroid dienone is 3. The first-order valence-corrected chi connectivity index (χ1v) is 17.7. The first-order chi connectivity index (χ1) is 24.8. The van der Waals surface area contributed by atoms with E-state index in [1.807, 2.05) is 6.08 Å². The third-order valence-electron chi connectivity index (χ3n) is 10.4. The van der Waals surface area contributed by atoms with Crippen molar-refractivity contribution in [2.24, 2.45) is 5.73 Å². The average molecular weight is 656 g/mol. The summed E-state index contributed by atoms with van der Waals surface area (Å²) >= 11 is 0. The van der Waals surface area contributed by atoms with E-state index in [-0.39, 0.29) is 5.41 Å². The van der Waals surface area contributed by atoms with Gasteiger partial charge >= 0.3 is 0 Å². The SMILES string of the molecule is C/C(=C\C=C(/N)c1ccc2c(c1)C(C)(C)c1ccccc1-2)c1cccc(-c2cccc(-c3cccc(-c4cccc(-c5ccccc5)c4)c3)c2)c1. The van der Waals surface area contributed by atoms with Gasteiger partial charge in [0, 0.05) is 11.1 Å². The van der Waals surface area contributed by atoms with Crippen molar-refractivity contribution in [1.29, 1.82) is 0 Å². The van der Waals surface area contributed by atoms with E-state index in [9.17, 15) is 0 Å². The summed E-state index contributed by atoms with van der Waals surface area (Å²) in [5.74, 6) is 0. The van der Waals surface area contributed by atoms with E-state index in [1.165, 1.54) is 72.3 Å². The number of benzene rings is 7. The Morgan fingerprint density at radius 2 is 0.882 bits per heavy atom. The molecule has 0 aliphatic heterocycles. The smallest absolute Gasteiger partial charge is 0.0387 e. The van der Waals surface area contributed by atoms with Gasteiger partial charge in [-0.05, 0) is 127 Å². The summed E-state index contributed by atoms with van der Waals surface area (Å²) in [6.45, 7) is 6.76. The van der Waals surface area contributed by atoms with Gasteiger partial charge in [-0.2, -0.15) is 0 Å². The van der Waals surface area contributed by atoms with Crippen molar-refractivity contribution < 1.29 is 0 Å². The lowest BCUT2D eigenvalue weighted by Gasteiger charge is -2.22. The molecule has 0 radical (unpaired) electrons. The van der Waals surface area contributed by atoms with E-state index in [0.717, 1.165) is 16.8 Å². The van der Waals surface area contributed by atoms with E-state index in [1.54, 1.807) is 0 Å². The van der Waals surface area contributed by atoms with Gasteiger partial charge in [-0.1, -0.05) is 159 Å². The fourth-order valence-corrected chi connectivity index (χ4v) is 7.50. The molecule has 0 unspecified atom stereocenters. The molecule has 1 aliphatic carbocycles. The van der Waals surface area contributed by atoms with Crippen LogP contribution in [-0.2, 0) is 5.41 Å². The first-order valence-electron chi connectivity index (χ1n) is 17.7. The molecule has 8 rings (SSSR count). The van der Waals surface area contributed by atoms with Crippen LogP contribution >= 0.6 is 0 Å². The molecule has 0 fully saturated rings. The average Bonchev–Trinajstić information content (AvgIpc) is 3.42. The highest BCUT2D eigenvalue weighted by Crippen LogP contribution is 2.49. The van der Waals surface area contributed by atoms with Crippen molar-refractivity contribution in [3.05, 3.63) is 204 Å². The summed E-state index contributed by atoms with van der Waals surface area (Å²) in [5, 5.41) is 0. The van der Waals surface area contributed by atoms with E-state index >= 15 is 0 Å². The summed E-state index contributed by atoms with van der Waals surface area (Å²) in [7, 11) is 0. The van der Waals surface area contributed by atoms with Crippen molar-refractivity contribution in [2.75, 3.05) is 0 Å². The minimum absolute atomic E-state index is 0.0526. The molecule has 1 aliphatic rings. The van der Waals surface area contributed by atoms with Gasteiger partial charge in [-0.15, -0.1) is 0 Å². The molecular weight excluding hydrogens is 615 g/mol. The second-order valence-electron chi connectivity index (χ2n) is 14.1. The van der Waals surface area contributed by atoms with Crippen LogP contribution in [0.2, 0.25) is 0 Å². The number of hydrogen-bond donors (Lipinski definition) is 1. The zero-order valence-corrected chi connectivity index (χ0v) is 29.4. The van der Waals surface area contributed by atoms with Crippen LogP contribution in [0.3, 0.4) is 0 Å². The van der Waals surface area contributed by atoms with Gasteiger partial charge in [-0.3, -0.25) is 0 Å². The van der Waals surface area contributed by atoms with Crippen LogP contribution < -0.4 is 5.73 Å². The molecule has 0 amide bonds. The topological polar surface area (TPSA) is 26.0 Å². The zero-order valence-electron chi connectivity index (χ0n) is 29.4. The molecule has 1 heteroatoms. The molecular formula is C50H41N. The highest BCUT2D eigenvalue weighted by molar-refractivity contribution is 5.84. The third kappa shape index (κ3) is 6.24. The van der Waals surface area contributed by atoms with Crippen molar-refractivity contribution in [2.45, 2.75) is 26.2 Å². The fraction of sp³-hybridized carbons (Fsp3) is 0.0800. The second kappa shape index (κ2) is 13.3. The Balaban J connectivity index is 1.04. The molecule has 0 heterocycles. The van der Waals surface area contributed by atoms with Crippen LogP contribution in [0.4, 0.5) is 0 Å². The lowest BCUT2D eigenvalue weighted by molar-refractivity contribution is 0.660. The number of hydrogen-bond acceptors (Lipinski definition) is 1. The number of fused-ring (bicyclic) bond motifs is 3. The van der Waals surface area contributed by atoms with Gasteiger partial charge in [0.1, 0.15) is 0 Å². The molecule has 7 aromatic rings. The Labute approximate surface area is 302 Å². The zero-order chi connectivity index (χ0) is 35.0. The molecule has 0 bridgehead atoms. The maximum atomic E-state index is 6.70. The summed E-state index contributed by atoms with van der Waals surface area (Å²) in [4.78, 5) is 0. The predicted molar refractivity (Wildman–Crippen MR) is 218 cm³/mol. The van der Waals surface area contributed by atoms with Gasteiger partial charge in [0.2, 0.25) is 0 Å². The van der Waals surface area contributed by atoms with Crippen LogP contribution in [-0.4, -0.2) is 0 Å². The highest BCUT2D eigenvalue weighted by Gasteiger charge is 2.35. The molecule has 2 N–H and O–H groups in total. The largest absolute Gasteiger partial charge is 0.398 e. The molecule has 7 aromatic carbocycles. The quantitative estimate of drug-likeness (QED) is 0.170. The van der Waals surface area contributed by atoms with Crippen molar-refractivity contribution in [1.82, 2.24) is 0 Å². The van der Waals surface area contributed by atoms with Gasteiger partial charge in [0.25, 0.3) is 0 Å². The standard InChI is InChI=1S/C50H41N/c1-34(25-28-49(51)44-26-27-46-45-23-7-8-24-47(45)50(2,3)48(46)33-44)36-15-9-17-38(29-36)40-19-11-21-42(31-40)43-22-12-20-41(32-43)39-18-10-16-37(30-39)35-13-5-4-6-14-35/h4-33H,51H2,1-3H3/b34-25+,49-28-. The van der Waals surface area contributed by atoms with Crippen molar-refractivity contribution in [3.8, 4) is 55.6 Å². The second-order valence-corrected chi connectivity index (χ2v) is 14.1. The van der Waals surface area contributed by atoms with Gasteiger partial charge in [0.05, 0.1) is 0 Å². The van der Waals surface area contributed by atoms with Crippen LogP contribution in [0.15, 0.2) is 182 Å². The Hall–Kier alpha value is -6.18. The number of nitrogens with two attached hydrogens (primary N) is 1. The Morgan fingerprint density at radius 1 is 0.412 bits per heavy atom. The molecule has 246 valence electrons. The summed E-state index contributed by atoms with van der Waals surface area (Å²) in [6.07, 6.45) is 4.18. The summed E-state index contributed by atoms with van der Waals surface area (Å²) in [6, 6.07) is 61.2. The number of rotatable bonds is 7. The Bertz CT molecular complexity index is 2460. The molecule has 0 saturated heterocycles. The van der Waals surface area contributed by atoms with Crippen molar-refractivity contribution >= 4 is 11.3 Å². The molecule has 1 nitrogen and oxygen atoms in total. The minimum Gasteiger partial charge on any atom is -0.398 e. The van der Waals surface area contributed by atoms with Gasteiger partial charge < -0.3 is 5.73 Å². The Kier molecular flexibility index (Phi) is 8.34. The monoisotopic (exact) mass is 655 g/mol. The fourth-order valence-electron chi connectivity index (χ4n) is 7.50. The third-order valence-corrected chi connectivity index (χ3v) is 10.4. The van der Waals surface area contributed by atoms with Gasteiger partial charge in [-0.25, -0.2) is 0 Å². The molecule has 51 heavy (non-hydrogen) atoms. The maximum Gasteiger partial charge on any atom is 0.0387 e. The first kappa shape index (κ1) is 32.0. The molecule has 0 saturated carbocycles. The lowest BCUT2D eigenvalue weighted by atomic mass is 9.82. The van der Waals surface area contributed by atoms with Crippen molar-refractivity contribution in [3.63, 3.8) is 0 Å².